The van der Waals surface area contributed by atoms with Gasteiger partial charge in [-0.15, -0.1) is 5.10 Å². The molecular formula is C6H9F2N3O. The van der Waals surface area contributed by atoms with Gasteiger partial charge in [0.15, 0.2) is 0 Å². The monoisotopic (exact) mass is 177 g/mol. The average Bonchev–Trinajstić information content (AvgIpc) is 2.34. The molecule has 1 atom stereocenters. The molecule has 0 aromatic carbocycles. The molecular weight excluding hydrogens is 168 g/mol. The topological polar surface area (TPSA) is 50.9 Å². The van der Waals surface area contributed by atoms with Crippen molar-refractivity contribution in [3.63, 3.8) is 0 Å². The Morgan fingerprint density at radius 1 is 1.67 bits per heavy atom. The third kappa shape index (κ3) is 2.23. The molecule has 0 spiro atoms. The molecule has 0 radical (unpaired) electrons. The van der Waals surface area contributed by atoms with E-state index in [0.717, 1.165) is 4.68 Å². The van der Waals surface area contributed by atoms with Crippen LogP contribution >= 0.6 is 0 Å². The maximum absolute atomic E-state index is 11.8. The molecule has 1 rings (SSSR count). The van der Waals surface area contributed by atoms with E-state index in [9.17, 15) is 8.78 Å². The molecule has 0 bridgehead atoms. The molecule has 0 aliphatic rings. The Morgan fingerprint density at radius 3 is 2.75 bits per heavy atom. The molecule has 1 heterocycles. The fourth-order valence-electron chi connectivity index (χ4n) is 0.735. The van der Waals surface area contributed by atoms with Crippen LogP contribution < -0.4 is 0 Å². The molecule has 6 heteroatoms. The average molecular weight is 177 g/mol. The van der Waals surface area contributed by atoms with Crippen LogP contribution in [-0.2, 0) is 6.54 Å². The van der Waals surface area contributed by atoms with Crippen LogP contribution in [0.15, 0.2) is 6.20 Å². The molecule has 1 N–H and O–H groups in total. The summed E-state index contributed by atoms with van der Waals surface area (Å²) in [7, 11) is 0. The van der Waals surface area contributed by atoms with Gasteiger partial charge in [0.25, 0.3) is 6.43 Å². The van der Waals surface area contributed by atoms with Gasteiger partial charge < -0.3 is 5.11 Å². The number of aliphatic hydroxyl groups excluding tert-OH is 1. The van der Waals surface area contributed by atoms with Crippen molar-refractivity contribution in [3.05, 3.63) is 11.9 Å². The van der Waals surface area contributed by atoms with Crippen molar-refractivity contribution < 1.29 is 13.9 Å². The highest BCUT2D eigenvalue weighted by molar-refractivity contribution is 4.95. The van der Waals surface area contributed by atoms with Crippen LogP contribution in [0.3, 0.4) is 0 Å². The minimum atomic E-state index is -2.45. The minimum absolute atomic E-state index is 0.302. The van der Waals surface area contributed by atoms with Crippen LogP contribution in [0.4, 0.5) is 8.78 Å². The third-order valence-electron chi connectivity index (χ3n) is 1.31. The van der Waals surface area contributed by atoms with E-state index >= 15 is 0 Å². The van der Waals surface area contributed by atoms with Crippen molar-refractivity contribution in [3.8, 4) is 0 Å². The maximum atomic E-state index is 11.8. The molecule has 0 amide bonds. The number of nitrogens with zero attached hydrogens (tertiary/aromatic N) is 3. The smallest absolute Gasteiger partial charge is 0.257 e. The number of aromatic nitrogens is 3. The van der Waals surface area contributed by atoms with Crippen molar-refractivity contribution in [2.24, 2.45) is 0 Å². The Kier molecular flexibility index (Phi) is 2.69. The number of hydrogen-bond acceptors (Lipinski definition) is 3. The minimum Gasteiger partial charge on any atom is -0.387 e. The molecule has 4 nitrogen and oxygen atoms in total. The summed E-state index contributed by atoms with van der Waals surface area (Å²) in [6, 6.07) is 0. The van der Waals surface area contributed by atoms with Crippen LogP contribution in [0.5, 0.6) is 0 Å². The Labute approximate surface area is 67.8 Å². The second-order valence-corrected chi connectivity index (χ2v) is 2.43. The van der Waals surface area contributed by atoms with Crippen LogP contribution in [0.1, 0.15) is 18.7 Å². The lowest BCUT2D eigenvalue weighted by molar-refractivity contribution is 0.121. The van der Waals surface area contributed by atoms with Gasteiger partial charge in [-0.25, -0.2) is 13.5 Å². The Morgan fingerprint density at radius 2 is 2.33 bits per heavy atom. The first-order valence-corrected chi connectivity index (χ1v) is 3.46. The van der Waals surface area contributed by atoms with Crippen LogP contribution in [0.2, 0.25) is 0 Å². The molecule has 1 aromatic heterocycles. The van der Waals surface area contributed by atoms with Crippen molar-refractivity contribution >= 4 is 0 Å². The number of rotatable bonds is 3. The van der Waals surface area contributed by atoms with Gasteiger partial charge in [-0.1, -0.05) is 5.21 Å². The lowest BCUT2D eigenvalue weighted by atomic mass is 10.3. The summed E-state index contributed by atoms with van der Waals surface area (Å²) in [6.45, 7) is 1.01. The summed E-state index contributed by atoms with van der Waals surface area (Å²) < 4.78 is 24.6. The number of halogens is 2. The van der Waals surface area contributed by atoms with E-state index in [1.165, 1.54) is 13.1 Å². The summed E-state index contributed by atoms with van der Waals surface area (Å²) in [5, 5.41) is 15.9. The van der Waals surface area contributed by atoms with E-state index in [-0.39, 0.29) is 0 Å². The summed E-state index contributed by atoms with van der Waals surface area (Å²) in [5.74, 6) is 0. The highest BCUT2D eigenvalue weighted by atomic mass is 19.3. The number of alkyl halides is 2. The highest BCUT2D eigenvalue weighted by Gasteiger charge is 2.09. The first-order valence-electron chi connectivity index (χ1n) is 3.46. The van der Waals surface area contributed by atoms with Crippen molar-refractivity contribution in [2.45, 2.75) is 26.0 Å². The zero-order valence-corrected chi connectivity index (χ0v) is 6.48. The summed E-state index contributed by atoms with van der Waals surface area (Å²) in [5.41, 5.74) is 0.302. The van der Waals surface area contributed by atoms with Gasteiger partial charge in [-0.3, -0.25) is 0 Å². The summed E-state index contributed by atoms with van der Waals surface area (Å²) in [4.78, 5) is 0. The molecule has 1 unspecified atom stereocenters. The second kappa shape index (κ2) is 3.57. The van der Waals surface area contributed by atoms with Crippen molar-refractivity contribution in [1.29, 1.82) is 0 Å². The van der Waals surface area contributed by atoms with Gasteiger partial charge in [0.05, 0.1) is 12.3 Å². The molecule has 0 aliphatic carbocycles. The maximum Gasteiger partial charge on any atom is 0.257 e. The molecule has 1 aromatic rings. The summed E-state index contributed by atoms with van der Waals surface area (Å²) in [6.07, 6.45) is -1.92. The van der Waals surface area contributed by atoms with E-state index in [2.05, 4.69) is 10.3 Å². The van der Waals surface area contributed by atoms with Gasteiger partial charge in [-0.2, -0.15) is 0 Å². The number of hydrogen-bond donors (Lipinski definition) is 1. The third-order valence-corrected chi connectivity index (χ3v) is 1.31. The van der Waals surface area contributed by atoms with E-state index < -0.39 is 19.1 Å². The zero-order valence-electron chi connectivity index (χ0n) is 6.48. The molecule has 0 saturated heterocycles. The predicted octanol–water partition coefficient (Wildman–Crippen LogP) is 0.597. The van der Waals surface area contributed by atoms with Crippen LogP contribution in [0, 0.1) is 0 Å². The first kappa shape index (κ1) is 9.05. The standard InChI is InChI=1S/C6H9F2N3O/c1-4(12)5-2-11(10-9-5)3-6(7)8/h2,4,6,12H,3H2,1H3. The van der Waals surface area contributed by atoms with Crippen molar-refractivity contribution in [2.75, 3.05) is 0 Å². The summed E-state index contributed by atoms with van der Waals surface area (Å²) >= 11 is 0. The molecule has 12 heavy (non-hydrogen) atoms. The second-order valence-electron chi connectivity index (χ2n) is 2.43. The molecule has 0 fully saturated rings. The highest BCUT2D eigenvalue weighted by Crippen LogP contribution is 2.07. The van der Waals surface area contributed by atoms with E-state index in [4.69, 9.17) is 5.11 Å². The van der Waals surface area contributed by atoms with E-state index in [1.807, 2.05) is 0 Å². The normalized spacial score (nSPS) is 13.8. The van der Waals surface area contributed by atoms with Gasteiger partial charge in [0.1, 0.15) is 12.2 Å². The van der Waals surface area contributed by atoms with Crippen LogP contribution in [0.25, 0.3) is 0 Å². The molecule has 0 saturated carbocycles. The van der Waals surface area contributed by atoms with Gasteiger partial charge in [-0.05, 0) is 6.92 Å². The largest absolute Gasteiger partial charge is 0.387 e. The van der Waals surface area contributed by atoms with Crippen molar-refractivity contribution in [1.82, 2.24) is 15.0 Å². The van der Waals surface area contributed by atoms with E-state index in [0.29, 0.717) is 5.69 Å². The predicted molar refractivity (Wildman–Crippen MR) is 36.7 cm³/mol. The quantitative estimate of drug-likeness (QED) is 0.735. The van der Waals surface area contributed by atoms with E-state index in [1.54, 1.807) is 0 Å². The van der Waals surface area contributed by atoms with Gasteiger partial charge >= 0.3 is 0 Å². The molecule has 0 aliphatic heterocycles. The Bertz CT molecular complexity index is 249. The fourth-order valence-corrected chi connectivity index (χ4v) is 0.735. The molecule has 68 valence electrons. The zero-order chi connectivity index (χ0) is 9.14. The van der Waals surface area contributed by atoms with Gasteiger partial charge in [0, 0.05) is 0 Å². The Hall–Kier alpha value is -1.04. The number of aliphatic hydroxyl groups is 1. The van der Waals surface area contributed by atoms with Crippen LogP contribution in [-0.4, -0.2) is 26.5 Å². The SMILES string of the molecule is CC(O)c1cn(CC(F)F)nn1. The lowest BCUT2D eigenvalue weighted by Gasteiger charge is -1.97. The lowest BCUT2D eigenvalue weighted by Crippen LogP contribution is -2.06. The van der Waals surface area contributed by atoms with Gasteiger partial charge in [0.2, 0.25) is 0 Å². The fraction of sp³-hybridized carbons (Fsp3) is 0.667. The Balaban J connectivity index is 2.64. The first-order chi connectivity index (χ1) is 5.59.